The van der Waals surface area contributed by atoms with Gasteiger partial charge in [0.15, 0.2) is 0 Å². The van der Waals surface area contributed by atoms with E-state index >= 15 is 0 Å². The van der Waals surface area contributed by atoms with Crippen LogP contribution in [0.15, 0.2) is 67.3 Å². The van der Waals surface area contributed by atoms with Gasteiger partial charge >= 0.3 is 0 Å². The summed E-state index contributed by atoms with van der Waals surface area (Å²) >= 11 is 0. The van der Waals surface area contributed by atoms with E-state index in [0.717, 1.165) is 11.3 Å². The number of carbonyl (C=O) groups excluding carboxylic acids is 2. The predicted molar refractivity (Wildman–Crippen MR) is 102 cm³/mol. The summed E-state index contributed by atoms with van der Waals surface area (Å²) in [4.78, 5) is 28.6. The summed E-state index contributed by atoms with van der Waals surface area (Å²) in [5.74, 6) is -1.20. The van der Waals surface area contributed by atoms with Crippen LogP contribution in [0.2, 0.25) is 0 Å². The molecule has 0 aliphatic heterocycles. The zero-order chi connectivity index (χ0) is 18.7. The van der Waals surface area contributed by atoms with Crippen LogP contribution in [0.3, 0.4) is 0 Å². The molecule has 132 valence electrons. The number of ketones is 1. The van der Waals surface area contributed by atoms with Gasteiger partial charge in [0, 0.05) is 29.3 Å². The van der Waals surface area contributed by atoms with Gasteiger partial charge in [-0.25, -0.2) is 4.98 Å². The van der Waals surface area contributed by atoms with Crippen LogP contribution >= 0.6 is 0 Å². The van der Waals surface area contributed by atoms with Crippen molar-refractivity contribution in [1.29, 1.82) is 0 Å². The van der Waals surface area contributed by atoms with Crippen LogP contribution in [0.5, 0.6) is 0 Å². The summed E-state index contributed by atoms with van der Waals surface area (Å²) in [6.45, 7) is 6.30. The second kappa shape index (κ2) is 6.96. The van der Waals surface area contributed by atoms with Crippen molar-refractivity contribution in [1.82, 2.24) is 9.55 Å². The van der Waals surface area contributed by atoms with Crippen molar-refractivity contribution in [2.24, 2.45) is 0 Å². The molecule has 0 saturated heterocycles. The summed E-state index contributed by atoms with van der Waals surface area (Å²) < 4.78 is 1.85. The number of nitrogens with zero attached hydrogens (tertiary/aromatic N) is 2. The molecule has 0 atom stereocenters. The van der Waals surface area contributed by atoms with Gasteiger partial charge in [0.25, 0.3) is 11.7 Å². The molecule has 0 bridgehead atoms. The lowest BCUT2D eigenvalue weighted by atomic mass is 9.86. The van der Waals surface area contributed by atoms with Crippen molar-refractivity contribution < 1.29 is 9.59 Å². The third-order valence-electron chi connectivity index (χ3n) is 4.15. The van der Waals surface area contributed by atoms with E-state index in [9.17, 15) is 9.59 Å². The van der Waals surface area contributed by atoms with Gasteiger partial charge in [-0.05, 0) is 35.2 Å². The quantitative estimate of drug-likeness (QED) is 0.573. The average molecular weight is 347 g/mol. The Morgan fingerprint density at radius 2 is 1.62 bits per heavy atom. The molecule has 5 heteroatoms. The van der Waals surface area contributed by atoms with Gasteiger partial charge in [0.1, 0.15) is 0 Å². The molecule has 0 aliphatic carbocycles. The molecule has 0 unspecified atom stereocenters. The first-order chi connectivity index (χ1) is 12.3. The molecular weight excluding hydrogens is 326 g/mol. The smallest absolute Gasteiger partial charge is 0.296 e. The van der Waals surface area contributed by atoms with E-state index in [1.165, 1.54) is 0 Å². The molecular formula is C21H21N3O2. The Morgan fingerprint density at radius 1 is 0.962 bits per heavy atom. The molecule has 3 rings (SSSR count). The molecule has 0 radical (unpaired) electrons. The van der Waals surface area contributed by atoms with Crippen LogP contribution in [0, 0.1) is 0 Å². The van der Waals surface area contributed by atoms with Crippen molar-refractivity contribution in [2.45, 2.75) is 26.2 Å². The Morgan fingerprint density at radius 3 is 2.15 bits per heavy atom. The lowest BCUT2D eigenvalue weighted by Gasteiger charge is -2.18. The molecule has 1 amide bonds. The maximum atomic E-state index is 12.3. The SMILES string of the molecule is CC(C)(C)c1ccc(C(=O)C(=O)Nc2ccc(-n3ccnc3)cc2)cc1. The molecule has 2 aromatic carbocycles. The number of aromatic nitrogens is 2. The van der Waals surface area contributed by atoms with E-state index in [1.54, 1.807) is 36.8 Å². The van der Waals surface area contributed by atoms with E-state index in [0.29, 0.717) is 11.3 Å². The van der Waals surface area contributed by atoms with Gasteiger partial charge in [0.05, 0.1) is 6.33 Å². The summed E-state index contributed by atoms with van der Waals surface area (Å²) in [5.41, 5.74) is 2.99. The molecule has 1 N–H and O–H groups in total. The highest BCUT2D eigenvalue weighted by molar-refractivity contribution is 6.46. The van der Waals surface area contributed by atoms with E-state index in [-0.39, 0.29) is 5.41 Å². The minimum absolute atomic E-state index is 0.000814. The number of Topliss-reactive ketones (excluding diaryl/α,β-unsaturated/α-hetero) is 1. The topological polar surface area (TPSA) is 64.0 Å². The molecule has 1 heterocycles. The maximum absolute atomic E-state index is 12.3. The van der Waals surface area contributed by atoms with E-state index in [2.05, 4.69) is 31.1 Å². The number of rotatable bonds is 4. The van der Waals surface area contributed by atoms with Crippen molar-refractivity contribution in [3.63, 3.8) is 0 Å². The lowest BCUT2D eigenvalue weighted by molar-refractivity contribution is -0.112. The highest BCUT2D eigenvalue weighted by atomic mass is 16.2. The van der Waals surface area contributed by atoms with Crippen LogP contribution in [-0.4, -0.2) is 21.2 Å². The Kier molecular flexibility index (Phi) is 4.71. The first-order valence-corrected chi connectivity index (χ1v) is 8.39. The van der Waals surface area contributed by atoms with Crippen LogP contribution in [0.4, 0.5) is 5.69 Å². The maximum Gasteiger partial charge on any atom is 0.296 e. The minimum atomic E-state index is -0.649. The molecule has 0 aliphatic rings. The Labute approximate surface area is 152 Å². The number of carbonyl (C=O) groups is 2. The molecule has 0 spiro atoms. The Balaban J connectivity index is 1.68. The first kappa shape index (κ1) is 17.6. The average Bonchev–Trinajstić information content (AvgIpc) is 3.16. The van der Waals surface area contributed by atoms with Crippen molar-refractivity contribution in [3.8, 4) is 5.69 Å². The Hall–Kier alpha value is -3.21. The minimum Gasteiger partial charge on any atom is -0.319 e. The predicted octanol–water partition coefficient (Wildman–Crippen LogP) is 3.99. The zero-order valence-corrected chi connectivity index (χ0v) is 15.1. The summed E-state index contributed by atoms with van der Waals surface area (Å²) in [6.07, 6.45) is 5.22. The fraction of sp³-hybridized carbons (Fsp3) is 0.190. The fourth-order valence-corrected chi connectivity index (χ4v) is 2.57. The number of benzene rings is 2. The molecule has 26 heavy (non-hydrogen) atoms. The standard InChI is InChI=1S/C21H21N3O2/c1-21(2,3)16-6-4-15(5-7-16)19(25)20(26)23-17-8-10-18(11-9-17)24-13-12-22-14-24/h4-14H,1-3H3,(H,23,26). The van der Waals surface area contributed by atoms with E-state index in [1.807, 2.05) is 35.0 Å². The largest absolute Gasteiger partial charge is 0.319 e. The van der Waals surface area contributed by atoms with Crippen LogP contribution in [0.1, 0.15) is 36.7 Å². The number of nitrogens with one attached hydrogen (secondary N) is 1. The monoisotopic (exact) mass is 347 g/mol. The zero-order valence-electron chi connectivity index (χ0n) is 15.1. The van der Waals surface area contributed by atoms with Gasteiger partial charge in [-0.2, -0.15) is 0 Å². The molecule has 1 aromatic heterocycles. The first-order valence-electron chi connectivity index (χ1n) is 8.39. The molecule has 0 saturated carbocycles. The van der Waals surface area contributed by atoms with E-state index < -0.39 is 11.7 Å². The third-order valence-corrected chi connectivity index (χ3v) is 4.15. The second-order valence-corrected chi connectivity index (χ2v) is 7.13. The number of imidazole rings is 1. The number of amides is 1. The lowest BCUT2D eigenvalue weighted by Crippen LogP contribution is -2.23. The van der Waals surface area contributed by atoms with E-state index in [4.69, 9.17) is 0 Å². The molecule has 0 fully saturated rings. The molecule has 3 aromatic rings. The van der Waals surface area contributed by atoms with Gasteiger partial charge < -0.3 is 9.88 Å². The van der Waals surface area contributed by atoms with Gasteiger partial charge in [-0.15, -0.1) is 0 Å². The van der Waals surface area contributed by atoms with Gasteiger partial charge in [0.2, 0.25) is 0 Å². The van der Waals surface area contributed by atoms with Crippen LogP contribution in [-0.2, 0) is 10.2 Å². The highest BCUT2D eigenvalue weighted by Crippen LogP contribution is 2.22. The number of anilines is 1. The second-order valence-electron chi connectivity index (χ2n) is 7.13. The normalized spacial score (nSPS) is 11.2. The highest BCUT2D eigenvalue weighted by Gasteiger charge is 2.18. The van der Waals surface area contributed by atoms with Gasteiger partial charge in [-0.3, -0.25) is 9.59 Å². The van der Waals surface area contributed by atoms with Crippen molar-refractivity contribution in [3.05, 3.63) is 78.4 Å². The van der Waals surface area contributed by atoms with Crippen molar-refractivity contribution >= 4 is 17.4 Å². The van der Waals surface area contributed by atoms with Crippen LogP contribution < -0.4 is 5.32 Å². The Bertz CT molecular complexity index is 903. The number of hydrogen-bond donors (Lipinski definition) is 1. The van der Waals surface area contributed by atoms with Gasteiger partial charge in [-0.1, -0.05) is 45.0 Å². The third kappa shape index (κ3) is 3.88. The fourth-order valence-electron chi connectivity index (χ4n) is 2.57. The molecule has 5 nitrogen and oxygen atoms in total. The van der Waals surface area contributed by atoms with Crippen molar-refractivity contribution in [2.75, 3.05) is 5.32 Å². The number of hydrogen-bond acceptors (Lipinski definition) is 3. The summed E-state index contributed by atoms with van der Waals surface area (Å²) in [7, 11) is 0. The summed E-state index contributed by atoms with van der Waals surface area (Å²) in [6, 6.07) is 14.4. The van der Waals surface area contributed by atoms with Crippen LogP contribution in [0.25, 0.3) is 5.69 Å². The summed E-state index contributed by atoms with van der Waals surface area (Å²) in [5, 5.41) is 2.64.